The first-order valence-corrected chi connectivity index (χ1v) is 10.3. The fourth-order valence-electron chi connectivity index (χ4n) is 3.26. The number of fused-ring (bicyclic) bond motifs is 1. The largest absolute Gasteiger partial charge is 0.322 e. The maximum absolute atomic E-state index is 13.3. The first kappa shape index (κ1) is 19.1. The highest BCUT2D eigenvalue weighted by Gasteiger charge is 2.30. The van der Waals surface area contributed by atoms with Gasteiger partial charge in [-0.2, -0.15) is 0 Å². The van der Waals surface area contributed by atoms with Crippen LogP contribution < -0.4 is 9.62 Å². The second-order valence-corrected chi connectivity index (χ2v) is 8.43. The lowest BCUT2D eigenvalue weighted by Crippen LogP contribution is -2.29. The van der Waals surface area contributed by atoms with Gasteiger partial charge < -0.3 is 5.32 Å². The van der Waals surface area contributed by atoms with E-state index in [1.807, 2.05) is 12.1 Å². The third kappa shape index (κ3) is 3.58. The molecule has 0 spiro atoms. The number of rotatable bonds is 4. The number of nitrogens with zero attached hydrogens (tertiary/aromatic N) is 1. The number of nitrogens with one attached hydrogen (secondary N) is 1. The summed E-state index contributed by atoms with van der Waals surface area (Å²) in [5, 5.41) is 2.44. The molecule has 0 saturated carbocycles. The molecule has 3 aromatic carbocycles. The van der Waals surface area contributed by atoms with Gasteiger partial charge in [0.05, 0.1) is 10.6 Å². The highest BCUT2D eigenvalue weighted by Crippen LogP contribution is 2.32. The van der Waals surface area contributed by atoms with Crippen molar-refractivity contribution >= 4 is 27.3 Å². The summed E-state index contributed by atoms with van der Waals surface area (Å²) in [7, 11) is -3.85. The summed E-state index contributed by atoms with van der Waals surface area (Å²) in [4.78, 5) is 12.5. The van der Waals surface area contributed by atoms with Crippen LogP contribution in [0.5, 0.6) is 0 Å². The summed E-state index contributed by atoms with van der Waals surface area (Å²) in [5.74, 6) is -2.75. The maximum atomic E-state index is 13.3. The quantitative estimate of drug-likeness (QED) is 0.703. The third-order valence-electron chi connectivity index (χ3n) is 4.71. The number of carbonyl (C=O) groups is 1. The van der Waals surface area contributed by atoms with Crippen molar-refractivity contribution in [2.75, 3.05) is 16.2 Å². The minimum Gasteiger partial charge on any atom is -0.322 e. The van der Waals surface area contributed by atoms with Crippen LogP contribution in [0.15, 0.2) is 71.6 Å². The topological polar surface area (TPSA) is 66.5 Å². The number of para-hydroxylation sites is 1. The molecular formula is C21H16F2N2O3S. The summed E-state index contributed by atoms with van der Waals surface area (Å²) in [6, 6.07) is 15.9. The molecule has 0 aliphatic carbocycles. The smallest absolute Gasteiger partial charge is 0.264 e. The standard InChI is InChI=1S/C21H16F2N2O3S/c22-18-9-8-16(13-19(18)23)24-21(26)15-5-3-6-17(12-15)29(27,28)25-11-10-14-4-1-2-7-20(14)25/h1-9,12-13H,10-11H2,(H,24,26). The van der Waals surface area contributed by atoms with Crippen molar-refractivity contribution in [1.82, 2.24) is 0 Å². The molecule has 4 rings (SSSR count). The Labute approximate surface area is 166 Å². The molecule has 1 amide bonds. The average Bonchev–Trinajstić information content (AvgIpc) is 3.16. The maximum Gasteiger partial charge on any atom is 0.264 e. The van der Waals surface area contributed by atoms with Crippen molar-refractivity contribution in [3.63, 3.8) is 0 Å². The molecule has 0 atom stereocenters. The van der Waals surface area contributed by atoms with Gasteiger partial charge >= 0.3 is 0 Å². The zero-order valence-electron chi connectivity index (χ0n) is 15.1. The number of sulfonamides is 1. The molecule has 8 heteroatoms. The molecule has 0 radical (unpaired) electrons. The number of benzene rings is 3. The Bertz CT molecular complexity index is 1210. The molecule has 148 valence electrons. The molecule has 29 heavy (non-hydrogen) atoms. The first-order valence-electron chi connectivity index (χ1n) is 8.83. The summed E-state index contributed by atoms with van der Waals surface area (Å²) in [6.45, 7) is 0.326. The number of halogens is 2. The molecule has 0 saturated heterocycles. The lowest BCUT2D eigenvalue weighted by atomic mass is 10.2. The second kappa shape index (κ2) is 7.29. The van der Waals surface area contributed by atoms with E-state index in [0.29, 0.717) is 18.7 Å². The molecule has 1 N–H and O–H groups in total. The van der Waals surface area contributed by atoms with Crippen LogP contribution in [-0.2, 0) is 16.4 Å². The zero-order chi connectivity index (χ0) is 20.6. The number of carbonyl (C=O) groups excluding carboxylic acids is 1. The van der Waals surface area contributed by atoms with Gasteiger partial charge in [-0.15, -0.1) is 0 Å². The van der Waals surface area contributed by atoms with Crippen LogP contribution >= 0.6 is 0 Å². The minimum absolute atomic E-state index is 0.0212. The Morgan fingerprint density at radius 2 is 1.72 bits per heavy atom. The normalized spacial score (nSPS) is 13.2. The number of hydrogen-bond donors (Lipinski definition) is 1. The molecule has 0 fully saturated rings. The zero-order valence-corrected chi connectivity index (χ0v) is 15.9. The molecule has 1 aliphatic rings. The van der Waals surface area contributed by atoms with E-state index in [1.165, 1.54) is 34.6 Å². The monoisotopic (exact) mass is 414 g/mol. The van der Waals surface area contributed by atoms with Crippen molar-refractivity contribution < 1.29 is 22.0 Å². The van der Waals surface area contributed by atoms with Gasteiger partial charge in [0.2, 0.25) is 0 Å². The van der Waals surface area contributed by atoms with Crippen molar-refractivity contribution in [2.24, 2.45) is 0 Å². The first-order chi connectivity index (χ1) is 13.9. The van der Waals surface area contributed by atoms with Gasteiger partial charge in [-0.25, -0.2) is 17.2 Å². The van der Waals surface area contributed by atoms with E-state index < -0.39 is 27.6 Å². The molecule has 0 bridgehead atoms. The van der Waals surface area contributed by atoms with Crippen LogP contribution in [0.2, 0.25) is 0 Å². The van der Waals surface area contributed by atoms with E-state index in [-0.39, 0.29) is 16.1 Å². The fraction of sp³-hybridized carbons (Fsp3) is 0.0952. The van der Waals surface area contributed by atoms with Crippen molar-refractivity contribution in [2.45, 2.75) is 11.3 Å². The van der Waals surface area contributed by atoms with Gasteiger partial charge in [-0.05, 0) is 48.4 Å². The van der Waals surface area contributed by atoms with Gasteiger partial charge in [0.15, 0.2) is 11.6 Å². The lowest BCUT2D eigenvalue weighted by Gasteiger charge is -2.20. The SMILES string of the molecule is O=C(Nc1ccc(F)c(F)c1)c1cccc(S(=O)(=O)N2CCc3ccccc32)c1. The lowest BCUT2D eigenvalue weighted by molar-refractivity contribution is 0.102. The average molecular weight is 414 g/mol. The molecule has 0 unspecified atom stereocenters. The van der Waals surface area contributed by atoms with Crippen LogP contribution in [-0.4, -0.2) is 20.9 Å². The predicted molar refractivity (Wildman–Crippen MR) is 105 cm³/mol. The van der Waals surface area contributed by atoms with Gasteiger partial charge in [0.1, 0.15) is 0 Å². The summed E-state index contributed by atoms with van der Waals surface area (Å²) < 4.78 is 53.9. The number of anilines is 2. The fourth-order valence-corrected chi connectivity index (χ4v) is 4.81. The van der Waals surface area contributed by atoms with E-state index in [4.69, 9.17) is 0 Å². The Morgan fingerprint density at radius 1 is 0.931 bits per heavy atom. The Morgan fingerprint density at radius 3 is 2.52 bits per heavy atom. The van der Waals surface area contributed by atoms with Gasteiger partial charge in [0.25, 0.3) is 15.9 Å². The van der Waals surface area contributed by atoms with E-state index in [1.54, 1.807) is 12.1 Å². The Hall–Kier alpha value is -3.26. The van der Waals surface area contributed by atoms with Crippen LogP contribution in [0.3, 0.4) is 0 Å². The number of hydrogen-bond acceptors (Lipinski definition) is 3. The molecular weight excluding hydrogens is 398 g/mol. The van der Waals surface area contributed by atoms with Crippen molar-refractivity contribution in [3.8, 4) is 0 Å². The molecule has 5 nitrogen and oxygen atoms in total. The van der Waals surface area contributed by atoms with Crippen LogP contribution in [0, 0.1) is 11.6 Å². The van der Waals surface area contributed by atoms with Gasteiger partial charge in [0, 0.05) is 23.9 Å². The number of amides is 1. The summed E-state index contributed by atoms with van der Waals surface area (Å²) in [6.07, 6.45) is 0.617. The van der Waals surface area contributed by atoms with Crippen LogP contribution in [0.25, 0.3) is 0 Å². The van der Waals surface area contributed by atoms with Gasteiger partial charge in [-0.3, -0.25) is 9.10 Å². The van der Waals surface area contributed by atoms with Gasteiger partial charge in [-0.1, -0.05) is 24.3 Å². The van der Waals surface area contributed by atoms with E-state index in [0.717, 1.165) is 17.7 Å². The summed E-state index contributed by atoms with van der Waals surface area (Å²) >= 11 is 0. The molecule has 1 aliphatic heterocycles. The van der Waals surface area contributed by atoms with Crippen LogP contribution in [0.1, 0.15) is 15.9 Å². The highest BCUT2D eigenvalue weighted by molar-refractivity contribution is 7.92. The highest BCUT2D eigenvalue weighted by atomic mass is 32.2. The van der Waals surface area contributed by atoms with Crippen molar-refractivity contribution in [3.05, 3.63) is 89.5 Å². The van der Waals surface area contributed by atoms with Crippen LogP contribution in [0.4, 0.5) is 20.2 Å². The Kier molecular flexibility index (Phi) is 4.79. The minimum atomic E-state index is -3.85. The van der Waals surface area contributed by atoms with E-state index >= 15 is 0 Å². The Balaban J connectivity index is 1.61. The van der Waals surface area contributed by atoms with E-state index in [9.17, 15) is 22.0 Å². The second-order valence-electron chi connectivity index (χ2n) is 6.57. The summed E-state index contributed by atoms with van der Waals surface area (Å²) in [5.41, 5.74) is 1.73. The molecule has 3 aromatic rings. The van der Waals surface area contributed by atoms with Crippen molar-refractivity contribution in [1.29, 1.82) is 0 Å². The molecule has 1 heterocycles. The predicted octanol–water partition coefficient (Wildman–Crippen LogP) is 3.97. The molecule has 0 aromatic heterocycles. The van der Waals surface area contributed by atoms with E-state index in [2.05, 4.69) is 5.32 Å². The third-order valence-corrected chi connectivity index (χ3v) is 6.52.